The zero-order chi connectivity index (χ0) is 17.0. The maximum Gasteiger partial charge on any atom is 0.321 e. The summed E-state index contributed by atoms with van der Waals surface area (Å²) in [4.78, 5) is 30.1. The van der Waals surface area contributed by atoms with Gasteiger partial charge in [-0.3, -0.25) is 15.0 Å². The fourth-order valence-corrected chi connectivity index (χ4v) is 2.70. The number of piperidine rings is 1. The van der Waals surface area contributed by atoms with Gasteiger partial charge in [0.2, 0.25) is 5.91 Å². The van der Waals surface area contributed by atoms with Crippen molar-refractivity contribution in [2.75, 3.05) is 13.1 Å². The fraction of sp³-hybridized carbons (Fsp3) is 0.733. The summed E-state index contributed by atoms with van der Waals surface area (Å²) in [5.74, 6) is -0.272. The lowest BCUT2D eigenvalue weighted by Crippen LogP contribution is -2.54. The molecule has 0 unspecified atom stereocenters. The van der Waals surface area contributed by atoms with Gasteiger partial charge in [0.15, 0.2) is 0 Å². The number of imide groups is 1. The third-order valence-electron chi connectivity index (χ3n) is 3.96. The van der Waals surface area contributed by atoms with E-state index in [1.807, 2.05) is 32.4 Å². The van der Waals surface area contributed by atoms with E-state index >= 15 is 0 Å². The summed E-state index contributed by atoms with van der Waals surface area (Å²) in [6.07, 6.45) is 5.09. The molecule has 2 rings (SSSR count). The number of hydrogen-bond acceptors (Lipinski definition) is 5. The van der Waals surface area contributed by atoms with Crippen LogP contribution in [0.1, 0.15) is 46.6 Å². The molecule has 0 saturated carbocycles. The monoisotopic (exact) mass is 322 g/mol. The molecule has 0 aliphatic carbocycles. The van der Waals surface area contributed by atoms with Crippen LogP contribution in [-0.4, -0.2) is 56.3 Å². The van der Waals surface area contributed by atoms with E-state index in [0.717, 1.165) is 25.9 Å². The normalized spacial score (nSPS) is 18.4. The summed E-state index contributed by atoms with van der Waals surface area (Å²) in [7, 11) is 0. The average Bonchev–Trinajstić information content (AvgIpc) is 2.98. The number of urea groups is 1. The smallest absolute Gasteiger partial charge is 0.321 e. The molecule has 8 heteroatoms. The van der Waals surface area contributed by atoms with Gasteiger partial charge < -0.3 is 5.32 Å². The quantitative estimate of drug-likeness (QED) is 0.863. The van der Waals surface area contributed by atoms with Gasteiger partial charge in [-0.1, -0.05) is 0 Å². The minimum absolute atomic E-state index is 0.272. The highest BCUT2D eigenvalue weighted by atomic mass is 16.2. The minimum atomic E-state index is -0.452. The molecule has 2 heterocycles. The van der Waals surface area contributed by atoms with Gasteiger partial charge in [-0.05, 0) is 40.5 Å². The molecule has 2 N–H and O–H groups in total. The fourth-order valence-electron chi connectivity index (χ4n) is 2.70. The molecule has 1 aliphatic heterocycles. The Bertz CT molecular complexity index is 529. The molecule has 8 nitrogen and oxygen atoms in total. The Balaban J connectivity index is 1.81. The molecule has 3 amide bonds. The lowest BCUT2D eigenvalue weighted by Gasteiger charge is -2.35. The number of aromatic nitrogens is 3. The zero-order valence-electron chi connectivity index (χ0n) is 14.2. The van der Waals surface area contributed by atoms with Gasteiger partial charge in [0, 0.05) is 18.6 Å². The van der Waals surface area contributed by atoms with Crippen molar-refractivity contribution >= 4 is 11.9 Å². The van der Waals surface area contributed by atoms with E-state index in [1.165, 1.54) is 6.33 Å². The predicted octanol–water partition coefficient (Wildman–Crippen LogP) is 0.928. The maximum absolute atomic E-state index is 12.2. The number of carbonyl (C=O) groups excluding carboxylic acids is 2. The van der Waals surface area contributed by atoms with E-state index in [2.05, 4.69) is 25.6 Å². The van der Waals surface area contributed by atoms with Crippen LogP contribution < -0.4 is 10.6 Å². The van der Waals surface area contributed by atoms with Crippen LogP contribution in [0.25, 0.3) is 0 Å². The largest absolute Gasteiger partial charge is 0.333 e. The standard InChI is InChI=1S/C15H26N6O2/c1-11(13(22)18-14(23)19-15(2,3)4)20-7-5-12(6-8-20)21-10-16-9-17-21/h9-12H,5-8H2,1-4H3,(H2,18,19,22,23)/t11-/m0/s1. The van der Waals surface area contributed by atoms with Crippen LogP contribution in [0.4, 0.5) is 4.79 Å². The first-order valence-corrected chi connectivity index (χ1v) is 7.97. The molecule has 1 aliphatic rings. The van der Waals surface area contributed by atoms with E-state index in [4.69, 9.17) is 0 Å². The van der Waals surface area contributed by atoms with Crippen LogP contribution in [0, 0.1) is 0 Å². The van der Waals surface area contributed by atoms with Crippen molar-refractivity contribution in [2.45, 2.75) is 58.2 Å². The Hall–Kier alpha value is -1.96. The molecule has 1 saturated heterocycles. The lowest BCUT2D eigenvalue weighted by molar-refractivity contribution is -0.125. The van der Waals surface area contributed by atoms with Gasteiger partial charge >= 0.3 is 6.03 Å². The van der Waals surface area contributed by atoms with Crippen molar-refractivity contribution in [1.82, 2.24) is 30.3 Å². The molecular formula is C15H26N6O2. The molecule has 1 fully saturated rings. The summed E-state index contributed by atoms with van der Waals surface area (Å²) < 4.78 is 1.87. The number of carbonyl (C=O) groups is 2. The highest BCUT2D eigenvalue weighted by molar-refractivity contribution is 5.97. The molecule has 23 heavy (non-hydrogen) atoms. The van der Waals surface area contributed by atoms with E-state index in [-0.39, 0.29) is 17.5 Å². The van der Waals surface area contributed by atoms with Crippen LogP contribution in [-0.2, 0) is 4.79 Å². The zero-order valence-corrected chi connectivity index (χ0v) is 14.2. The first-order valence-electron chi connectivity index (χ1n) is 7.97. The second-order valence-electron chi connectivity index (χ2n) is 7.01. The van der Waals surface area contributed by atoms with Gasteiger partial charge in [-0.25, -0.2) is 14.5 Å². The van der Waals surface area contributed by atoms with Gasteiger partial charge in [0.25, 0.3) is 0 Å². The number of nitrogens with zero attached hydrogens (tertiary/aromatic N) is 4. The third-order valence-corrected chi connectivity index (χ3v) is 3.96. The highest BCUT2D eigenvalue weighted by Gasteiger charge is 2.28. The van der Waals surface area contributed by atoms with Crippen molar-refractivity contribution in [3.63, 3.8) is 0 Å². The summed E-state index contributed by atoms with van der Waals surface area (Å²) >= 11 is 0. The molecule has 0 aromatic carbocycles. The molecule has 1 atom stereocenters. The van der Waals surface area contributed by atoms with Crippen molar-refractivity contribution < 1.29 is 9.59 Å². The van der Waals surface area contributed by atoms with Crippen LogP contribution in [0.5, 0.6) is 0 Å². The van der Waals surface area contributed by atoms with E-state index in [1.54, 1.807) is 6.33 Å². The molecule has 128 valence electrons. The van der Waals surface area contributed by atoms with Gasteiger partial charge in [-0.2, -0.15) is 5.10 Å². The minimum Gasteiger partial charge on any atom is -0.333 e. The second-order valence-corrected chi connectivity index (χ2v) is 7.01. The predicted molar refractivity (Wildman–Crippen MR) is 85.8 cm³/mol. The Kier molecular flexibility index (Phi) is 5.35. The number of rotatable bonds is 3. The van der Waals surface area contributed by atoms with E-state index in [9.17, 15) is 9.59 Å². The number of nitrogens with one attached hydrogen (secondary N) is 2. The van der Waals surface area contributed by atoms with E-state index in [0.29, 0.717) is 6.04 Å². The second kappa shape index (κ2) is 7.08. The lowest BCUT2D eigenvalue weighted by atomic mass is 10.0. The van der Waals surface area contributed by atoms with Crippen LogP contribution in [0.3, 0.4) is 0 Å². The maximum atomic E-state index is 12.2. The highest BCUT2D eigenvalue weighted by Crippen LogP contribution is 2.22. The third kappa shape index (κ3) is 5.02. The van der Waals surface area contributed by atoms with Crippen molar-refractivity contribution in [2.24, 2.45) is 0 Å². The van der Waals surface area contributed by atoms with Gasteiger partial charge in [0.1, 0.15) is 12.7 Å². The number of hydrogen-bond donors (Lipinski definition) is 2. The molecular weight excluding hydrogens is 296 g/mol. The average molecular weight is 322 g/mol. The molecule has 1 aromatic heterocycles. The van der Waals surface area contributed by atoms with Crippen LogP contribution in [0.2, 0.25) is 0 Å². The Morgan fingerprint density at radius 3 is 2.43 bits per heavy atom. The van der Waals surface area contributed by atoms with E-state index < -0.39 is 6.03 Å². The Labute approximate surface area is 136 Å². The van der Waals surface area contributed by atoms with Crippen LogP contribution >= 0.6 is 0 Å². The van der Waals surface area contributed by atoms with Crippen molar-refractivity contribution in [1.29, 1.82) is 0 Å². The molecule has 0 radical (unpaired) electrons. The molecule has 0 bridgehead atoms. The number of amides is 3. The summed E-state index contributed by atoms with van der Waals surface area (Å²) in [6.45, 7) is 9.02. The van der Waals surface area contributed by atoms with Crippen molar-refractivity contribution in [3.8, 4) is 0 Å². The van der Waals surface area contributed by atoms with Crippen molar-refractivity contribution in [3.05, 3.63) is 12.7 Å². The van der Waals surface area contributed by atoms with Gasteiger partial charge in [0.05, 0.1) is 12.1 Å². The SMILES string of the molecule is C[C@@H](C(=O)NC(=O)NC(C)(C)C)N1CCC(n2cncn2)CC1. The summed E-state index contributed by atoms with van der Waals surface area (Å²) in [6, 6.07) is -0.461. The first-order chi connectivity index (χ1) is 10.8. The summed E-state index contributed by atoms with van der Waals surface area (Å²) in [5.41, 5.74) is -0.371. The Morgan fingerprint density at radius 2 is 1.91 bits per heavy atom. The topological polar surface area (TPSA) is 92.2 Å². The first kappa shape index (κ1) is 17.4. The summed E-state index contributed by atoms with van der Waals surface area (Å²) in [5, 5.41) is 9.31. The molecule has 0 spiro atoms. The van der Waals surface area contributed by atoms with Gasteiger partial charge in [-0.15, -0.1) is 0 Å². The number of likely N-dealkylation sites (tertiary alicyclic amines) is 1. The van der Waals surface area contributed by atoms with Crippen LogP contribution in [0.15, 0.2) is 12.7 Å². The Morgan fingerprint density at radius 1 is 1.26 bits per heavy atom. The molecule has 1 aromatic rings.